The fraction of sp³-hybridized carbons (Fsp3) is 0.500. The molecule has 15 heavy (non-hydrogen) atoms. The number of nitrogens with one attached hydrogen (secondary N) is 1. The summed E-state index contributed by atoms with van der Waals surface area (Å²) in [5, 5.41) is 4.40. The van der Waals surface area contributed by atoms with Gasteiger partial charge in [0.15, 0.2) is 5.17 Å². The van der Waals surface area contributed by atoms with Crippen molar-refractivity contribution in [1.82, 2.24) is 5.32 Å². The van der Waals surface area contributed by atoms with Gasteiger partial charge >= 0.3 is 0 Å². The van der Waals surface area contributed by atoms with Crippen molar-refractivity contribution in [2.45, 2.75) is 13.5 Å². The summed E-state index contributed by atoms with van der Waals surface area (Å²) >= 11 is 9.28. The van der Waals surface area contributed by atoms with Crippen LogP contribution in [0.1, 0.15) is 11.8 Å². The second-order valence-electron chi connectivity index (χ2n) is 3.62. The SMILES string of the molecule is CC1CN=C(NCc2ccc(Cl)s2)SC1. The van der Waals surface area contributed by atoms with E-state index in [2.05, 4.69) is 23.3 Å². The summed E-state index contributed by atoms with van der Waals surface area (Å²) in [4.78, 5) is 5.72. The highest BCUT2D eigenvalue weighted by Gasteiger charge is 2.11. The Hall–Kier alpha value is -0.190. The molecule has 1 unspecified atom stereocenters. The van der Waals surface area contributed by atoms with Crippen LogP contribution in [0.5, 0.6) is 0 Å². The Balaban J connectivity index is 1.83. The predicted octanol–water partition coefficient (Wildman–Crippen LogP) is 3.23. The molecule has 2 heterocycles. The number of aliphatic imine (C=N–C) groups is 1. The van der Waals surface area contributed by atoms with Crippen LogP contribution in [0, 0.1) is 5.92 Å². The third kappa shape index (κ3) is 3.40. The Morgan fingerprint density at radius 3 is 3.07 bits per heavy atom. The van der Waals surface area contributed by atoms with Crippen molar-refractivity contribution in [1.29, 1.82) is 0 Å². The number of nitrogens with zero attached hydrogens (tertiary/aromatic N) is 1. The Labute approximate surface area is 103 Å². The van der Waals surface area contributed by atoms with Gasteiger partial charge in [0.05, 0.1) is 10.9 Å². The summed E-state index contributed by atoms with van der Waals surface area (Å²) in [6, 6.07) is 3.98. The average Bonchev–Trinajstić information content (AvgIpc) is 2.64. The fourth-order valence-electron chi connectivity index (χ4n) is 1.27. The molecule has 2 nitrogen and oxygen atoms in total. The molecule has 0 radical (unpaired) electrons. The van der Waals surface area contributed by atoms with E-state index in [0.29, 0.717) is 5.92 Å². The molecule has 0 spiro atoms. The molecule has 0 fully saturated rings. The molecule has 2 rings (SSSR count). The van der Waals surface area contributed by atoms with E-state index in [4.69, 9.17) is 11.6 Å². The minimum atomic E-state index is 0.705. The van der Waals surface area contributed by atoms with Crippen LogP contribution in [0.25, 0.3) is 0 Å². The van der Waals surface area contributed by atoms with Crippen LogP contribution >= 0.6 is 34.7 Å². The van der Waals surface area contributed by atoms with Gasteiger partial charge in [-0.2, -0.15) is 0 Å². The van der Waals surface area contributed by atoms with Crippen molar-refractivity contribution in [2.24, 2.45) is 10.9 Å². The largest absolute Gasteiger partial charge is 0.360 e. The maximum atomic E-state index is 5.86. The highest BCUT2D eigenvalue weighted by Crippen LogP contribution is 2.22. The molecular weight excluding hydrogens is 248 g/mol. The smallest absolute Gasteiger partial charge is 0.156 e. The fourth-order valence-corrected chi connectivity index (χ4v) is 3.19. The number of thiophene rings is 1. The predicted molar refractivity (Wildman–Crippen MR) is 70.1 cm³/mol. The molecule has 1 atom stereocenters. The van der Waals surface area contributed by atoms with Gasteiger partial charge in [0, 0.05) is 17.2 Å². The molecule has 0 saturated heterocycles. The number of hydrogen-bond donors (Lipinski definition) is 1. The minimum Gasteiger partial charge on any atom is -0.360 e. The first-order valence-corrected chi connectivity index (χ1v) is 7.07. The molecule has 82 valence electrons. The summed E-state index contributed by atoms with van der Waals surface area (Å²) in [5.74, 6) is 1.87. The lowest BCUT2D eigenvalue weighted by Gasteiger charge is -2.17. The van der Waals surface area contributed by atoms with Crippen LogP contribution in [0.3, 0.4) is 0 Å². The molecule has 0 bridgehead atoms. The van der Waals surface area contributed by atoms with Gasteiger partial charge in [0.2, 0.25) is 0 Å². The highest BCUT2D eigenvalue weighted by atomic mass is 35.5. The van der Waals surface area contributed by atoms with E-state index < -0.39 is 0 Å². The van der Waals surface area contributed by atoms with Crippen molar-refractivity contribution in [3.05, 3.63) is 21.3 Å². The maximum Gasteiger partial charge on any atom is 0.156 e. The van der Waals surface area contributed by atoms with E-state index >= 15 is 0 Å². The first-order chi connectivity index (χ1) is 7.24. The van der Waals surface area contributed by atoms with Gasteiger partial charge in [0.1, 0.15) is 0 Å². The lowest BCUT2D eigenvalue weighted by atomic mass is 10.2. The van der Waals surface area contributed by atoms with E-state index in [9.17, 15) is 0 Å². The molecule has 1 N–H and O–H groups in total. The van der Waals surface area contributed by atoms with Crippen LogP contribution in [-0.4, -0.2) is 17.5 Å². The number of rotatable bonds is 2. The molecule has 1 aromatic heterocycles. The molecule has 1 aliphatic heterocycles. The van der Waals surface area contributed by atoms with Crippen molar-refractivity contribution in [3.63, 3.8) is 0 Å². The van der Waals surface area contributed by atoms with Gasteiger partial charge in [-0.1, -0.05) is 30.3 Å². The zero-order valence-electron chi connectivity index (χ0n) is 8.50. The van der Waals surface area contributed by atoms with Crippen LogP contribution in [0.2, 0.25) is 4.34 Å². The first kappa shape index (κ1) is 11.3. The molecular formula is C10H13ClN2S2. The molecule has 5 heteroatoms. The van der Waals surface area contributed by atoms with E-state index in [1.165, 1.54) is 4.88 Å². The maximum absolute atomic E-state index is 5.86. The van der Waals surface area contributed by atoms with E-state index in [1.807, 2.05) is 17.8 Å². The monoisotopic (exact) mass is 260 g/mol. The zero-order chi connectivity index (χ0) is 10.7. The lowest BCUT2D eigenvalue weighted by Crippen LogP contribution is -2.25. The Kier molecular flexibility index (Phi) is 3.94. The summed E-state index contributed by atoms with van der Waals surface area (Å²) < 4.78 is 0.846. The number of hydrogen-bond acceptors (Lipinski definition) is 4. The van der Waals surface area contributed by atoms with E-state index in [0.717, 1.165) is 28.3 Å². The molecule has 0 aromatic carbocycles. The number of halogens is 1. The van der Waals surface area contributed by atoms with Crippen molar-refractivity contribution in [3.8, 4) is 0 Å². The Bertz CT molecular complexity index is 362. The Morgan fingerprint density at radius 1 is 1.60 bits per heavy atom. The van der Waals surface area contributed by atoms with Gasteiger partial charge in [0.25, 0.3) is 0 Å². The molecule has 1 aromatic rings. The topological polar surface area (TPSA) is 24.4 Å². The van der Waals surface area contributed by atoms with Crippen LogP contribution in [0.15, 0.2) is 17.1 Å². The Morgan fingerprint density at radius 2 is 2.47 bits per heavy atom. The van der Waals surface area contributed by atoms with E-state index in [-0.39, 0.29) is 0 Å². The first-order valence-electron chi connectivity index (χ1n) is 4.89. The minimum absolute atomic E-state index is 0.705. The van der Waals surface area contributed by atoms with Crippen LogP contribution in [0.4, 0.5) is 0 Å². The quantitative estimate of drug-likeness (QED) is 0.883. The van der Waals surface area contributed by atoms with Gasteiger partial charge < -0.3 is 5.32 Å². The second-order valence-corrected chi connectivity index (χ2v) is 6.43. The van der Waals surface area contributed by atoms with Crippen molar-refractivity contribution >= 4 is 39.9 Å². The molecule has 0 aliphatic carbocycles. The summed E-state index contributed by atoms with van der Waals surface area (Å²) in [7, 11) is 0. The third-order valence-corrected chi connectivity index (χ3v) is 4.61. The normalized spacial score (nSPS) is 21.2. The van der Waals surface area contributed by atoms with E-state index in [1.54, 1.807) is 11.3 Å². The van der Waals surface area contributed by atoms with Crippen LogP contribution in [-0.2, 0) is 6.54 Å². The second kappa shape index (κ2) is 5.23. The highest BCUT2D eigenvalue weighted by molar-refractivity contribution is 8.13. The summed E-state index contributed by atoms with van der Waals surface area (Å²) in [6.07, 6.45) is 0. The lowest BCUT2D eigenvalue weighted by molar-refractivity contribution is 0.669. The standard InChI is InChI=1S/C10H13ClN2S2/c1-7-4-12-10(14-6-7)13-5-8-2-3-9(11)15-8/h2-3,7H,4-6H2,1H3,(H,12,13). The van der Waals surface area contributed by atoms with Crippen molar-refractivity contribution in [2.75, 3.05) is 12.3 Å². The number of amidine groups is 1. The third-order valence-electron chi connectivity index (χ3n) is 2.09. The van der Waals surface area contributed by atoms with Gasteiger partial charge in [-0.05, 0) is 18.1 Å². The summed E-state index contributed by atoms with van der Waals surface area (Å²) in [5.41, 5.74) is 0. The van der Waals surface area contributed by atoms with Gasteiger partial charge in [-0.15, -0.1) is 11.3 Å². The van der Waals surface area contributed by atoms with Gasteiger partial charge in [-0.3, -0.25) is 4.99 Å². The zero-order valence-corrected chi connectivity index (χ0v) is 10.9. The summed E-state index contributed by atoms with van der Waals surface area (Å²) in [6.45, 7) is 4.00. The van der Waals surface area contributed by atoms with Gasteiger partial charge in [-0.25, -0.2) is 0 Å². The van der Waals surface area contributed by atoms with Crippen molar-refractivity contribution < 1.29 is 0 Å². The molecule has 0 amide bonds. The van der Waals surface area contributed by atoms with Crippen LogP contribution < -0.4 is 5.32 Å². The number of thioether (sulfide) groups is 1. The molecule has 0 saturated carbocycles. The molecule has 1 aliphatic rings. The average molecular weight is 261 g/mol.